The molecule has 0 aromatic heterocycles. The van der Waals surface area contributed by atoms with Crippen LogP contribution in [0.5, 0.6) is 5.75 Å². The minimum atomic E-state index is -2.73. The number of nitrogens with two attached hydrogens (primary N) is 1. The van der Waals surface area contributed by atoms with Crippen LogP contribution in [0.3, 0.4) is 0 Å². The minimum absolute atomic E-state index is 0.000221. The predicted molar refractivity (Wildman–Crippen MR) is 151 cm³/mol. The molecule has 2 saturated carbocycles. The molecule has 3 aliphatic carbocycles. The van der Waals surface area contributed by atoms with Gasteiger partial charge in [0.05, 0.1) is 17.5 Å². The smallest absolute Gasteiger partial charge is 0.235 e. The number of Topliss-reactive ketones (excluding diaryl/α,β-unsaturated/α-hetero) is 4. The Kier molecular flexibility index (Phi) is 6.91. The van der Waals surface area contributed by atoms with Crippen LogP contribution >= 0.6 is 0 Å². The number of ketones is 4. The Hall–Kier alpha value is -3.73. The van der Waals surface area contributed by atoms with Crippen LogP contribution in [0.25, 0.3) is 11.1 Å². The number of amides is 1. The van der Waals surface area contributed by atoms with E-state index in [4.69, 9.17) is 5.73 Å². The third kappa shape index (κ3) is 4.15. The molecular weight excluding hydrogens is 538 g/mol. The molecule has 1 amide bonds. The fourth-order valence-corrected chi connectivity index (χ4v) is 7.86. The van der Waals surface area contributed by atoms with E-state index in [2.05, 4.69) is 17.0 Å². The predicted octanol–water partition coefficient (Wildman–Crippen LogP) is 1.13. The molecule has 6 rings (SSSR count). The molecule has 1 aliphatic heterocycles. The summed E-state index contributed by atoms with van der Waals surface area (Å²) in [5, 5.41) is 22.5. The number of rotatable bonds is 5. The number of primary amides is 1. The number of benzene rings is 2. The molecule has 4 aliphatic rings. The van der Waals surface area contributed by atoms with Crippen LogP contribution in [0.4, 0.5) is 0 Å². The summed E-state index contributed by atoms with van der Waals surface area (Å²) in [5.74, 6) is -10.4. The van der Waals surface area contributed by atoms with Crippen molar-refractivity contribution in [3.8, 4) is 16.9 Å². The molecule has 2 aromatic carbocycles. The van der Waals surface area contributed by atoms with Gasteiger partial charge >= 0.3 is 0 Å². The van der Waals surface area contributed by atoms with Crippen LogP contribution < -0.4 is 5.73 Å². The van der Waals surface area contributed by atoms with Crippen molar-refractivity contribution in [3.05, 3.63) is 53.1 Å². The average Bonchev–Trinajstić information content (AvgIpc) is 3.44. The number of carbonyl (C=O) groups excluding carboxylic acids is 5. The van der Waals surface area contributed by atoms with E-state index in [-0.39, 0.29) is 24.2 Å². The lowest BCUT2D eigenvalue weighted by molar-refractivity contribution is -0.181. The highest BCUT2D eigenvalue weighted by Gasteiger charge is 2.69. The van der Waals surface area contributed by atoms with Crippen molar-refractivity contribution >= 4 is 29.0 Å². The highest BCUT2D eigenvalue weighted by molar-refractivity contribution is 6.32. The highest BCUT2D eigenvalue weighted by Crippen LogP contribution is 2.51. The minimum Gasteiger partial charge on any atom is -0.507 e. The van der Waals surface area contributed by atoms with Gasteiger partial charge in [-0.05, 0) is 87.1 Å². The van der Waals surface area contributed by atoms with Gasteiger partial charge in [-0.15, -0.1) is 0 Å². The number of hydrogen-bond donors (Lipinski definition) is 3. The number of phenols is 1. The van der Waals surface area contributed by atoms with E-state index in [1.165, 1.54) is 29.4 Å². The molecule has 2 aromatic rings. The first-order valence-corrected chi connectivity index (χ1v) is 14.5. The van der Waals surface area contributed by atoms with E-state index in [9.17, 15) is 34.2 Å². The lowest BCUT2D eigenvalue weighted by Gasteiger charge is -2.52. The summed E-state index contributed by atoms with van der Waals surface area (Å²) in [7, 11) is 3.14. The molecule has 10 heteroatoms. The Bertz CT molecular complexity index is 1510. The van der Waals surface area contributed by atoms with Crippen molar-refractivity contribution in [2.75, 3.05) is 27.2 Å². The second kappa shape index (κ2) is 10.2. The van der Waals surface area contributed by atoms with E-state index in [1.54, 1.807) is 20.2 Å². The van der Waals surface area contributed by atoms with Crippen LogP contribution in [-0.2, 0) is 32.1 Å². The average molecular weight is 574 g/mol. The van der Waals surface area contributed by atoms with E-state index in [0.29, 0.717) is 5.56 Å². The van der Waals surface area contributed by atoms with Gasteiger partial charge in [0.2, 0.25) is 5.91 Å². The monoisotopic (exact) mass is 573 g/mol. The Morgan fingerprint density at radius 1 is 1.02 bits per heavy atom. The molecule has 42 heavy (non-hydrogen) atoms. The molecule has 6 atom stereocenters. The van der Waals surface area contributed by atoms with Crippen molar-refractivity contribution in [1.82, 2.24) is 9.80 Å². The van der Waals surface area contributed by atoms with Crippen LogP contribution in [0, 0.1) is 23.7 Å². The van der Waals surface area contributed by atoms with Crippen molar-refractivity contribution in [3.63, 3.8) is 0 Å². The maximum Gasteiger partial charge on any atom is 0.235 e. The van der Waals surface area contributed by atoms with E-state index < -0.39 is 64.4 Å². The number of fused-ring (bicyclic) bond motifs is 3. The van der Waals surface area contributed by atoms with Crippen molar-refractivity contribution < 1.29 is 34.2 Å². The summed E-state index contributed by atoms with van der Waals surface area (Å²) in [6.07, 6.45) is 2.66. The Morgan fingerprint density at radius 2 is 1.69 bits per heavy atom. The topological polar surface area (TPSA) is 158 Å². The summed E-state index contributed by atoms with van der Waals surface area (Å²) < 4.78 is 0. The second-order valence-corrected chi connectivity index (χ2v) is 12.5. The number of carbonyl (C=O) groups is 5. The first-order valence-electron chi connectivity index (χ1n) is 14.5. The van der Waals surface area contributed by atoms with Gasteiger partial charge in [-0.1, -0.05) is 30.3 Å². The number of likely N-dealkylation sites (N-methyl/N-ethyl adjacent to an activating group) is 1. The van der Waals surface area contributed by atoms with Gasteiger partial charge in [0.1, 0.15) is 5.75 Å². The first kappa shape index (κ1) is 28.4. The molecule has 0 bridgehead atoms. The van der Waals surface area contributed by atoms with Crippen LogP contribution in [0.1, 0.15) is 40.7 Å². The summed E-state index contributed by atoms with van der Waals surface area (Å²) >= 11 is 0. The van der Waals surface area contributed by atoms with Gasteiger partial charge in [-0.25, -0.2) is 0 Å². The van der Waals surface area contributed by atoms with Crippen LogP contribution in [0.2, 0.25) is 0 Å². The number of likely N-dealkylation sites (tertiary alicyclic amines) is 1. The zero-order chi connectivity index (χ0) is 30.1. The standard InChI is InChI=1S/C32H35N3O7/c1-34(2)26-21-14-18-13-20-19(17-7-5-16(6-8-17)15-35-11-3-4-12-35)9-10-22(36)24(20)27(37)23(18)29(39)32(21,42)30(40)25(28(26)38)31(33)41/h5-10,18,21,23,25-26,36,42H,3-4,11-15H2,1-2H3,(H2,33,41). The molecule has 1 saturated heterocycles. The number of nitrogens with zero attached hydrogens (tertiary/aromatic N) is 2. The number of aliphatic hydroxyl groups is 1. The number of aromatic hydroxyl groups is 1. The van der Waals surface area contributed by atoms with Gasteiger partial charge in [0.25, 0.3) is 0 Å². The molecule has 0 spiro atoms. The zero-order valence-electron chi connectivity index (χ0n) is 23.7. The Morgan fingerprint density at radius 3 is 2.31 bits per heavy atom. The second-order valence-electron chi connectivity index (χ2n) is 12.5. The molecule has 6 unspecified atom stereocenters. The third-order valence-electron chi connectivity index (χ3n) is 9.81. The summed E-state index contributed by atoms with van der Waals surface area (Å²) in [6.45, 7) is 3.04. The van der Waals surface area contributed by atoms with Crippen molar-refractivity contribution in [1.29, 1.82) is 0 Å². The lowest BCUT2D eigenvalue weighted by Crippen LogP contribution is -2.74. The van der Waals surface area contributed by atoms with Gasteiger partial charge in [0.15, 0.2) is 34.7 Å². The van der Waals surface area contributed by atoms with E-state index >= 15 is 0 Å². The van der Waals surface area contributed by atoms with Gasteiger partial charge in [-0.2, -0.15) is 0 Å². The maximum absolute atomic E-state index is 14.0. The van der Waals surface area contributed by atoms with Crippen LogP contribution in [0.15, 0.2) is 36.4 Å². The largest absolute Gasteiger partial charge is 0.507 e. The molecule has 220 valence electrons. The Balaban J connectivity index is 1.39. The first-order chi connectivity index (χ1) is 19.9. The summed E-state index contributed by atoms with van der Waals surface area (Å²) in [6, 6.07) is 10.1. The third-order valence-corrected chi connectivity index (χ3v) is 9.81. The summed E-state index contributed by atoms with van der Waals surface area (Å²) in [5.41, 5.74) is 6.04. The molecule has 0 radical (unpaired) electrons. The van der Waals surface area contributed by atoms with Crippen LogP contribution in [-0.4, -0.2) is 87.9 Å². The number of phenolic OH excluding ortho intramolecular Hbond substituents is 1. The van der Waals surface area contributed by atoms with Gasteiger partial charge < -0.3 is 15.9 Å². The van der Waals surface area contributed by atoms with E-state index in [0.717, 1.165) is 30.8 Å². The van der Waals surface area contributed by atoms with Crippen molar-refractivity contribution in [2.24, 2.45) is 29.4 Å². The normalized spacial score (nSPS) is 31.2. The Labute approximate surface area is 243 Å². The van der Waals surface area contributed by atoms with Gasteiger partial charge in [-0.3, -0.25) is 33.8 Å². The van der Waals surface area contributed by atoms with Gasteiger partial charge in [0, 0.05) is 12.5 Å². The molecular formula is C32H35N3O7. The summed E-state index contributed by atoms with van der Waals surface area (Å²) in [4.78, 5) is 70.6. The number of hydrogen-bond acceptors (Lipinski definition) is 9. The fourth-order valence-electron chi connectivity index (χ4n) is 7.86. The molecule has 3 fully saturated rings. The molecule has 4 N–H and O–H groups in total. The zero-order valence-corrected chi connectivity index (χ0v) is 23.7. The SMILES string of the molecule is CN(C)C1C(=O)C(C(N)=O)C(=O)C2(O)C(=O)C3C(=O)c4c(O)ccc(-c5ccc(CN6CCCC6)cc5)c4CC3CC12. The van der Waals surface area contributed by atoms with E-state index in [1.807, 2.05) is 12.1 Å². The fraction of sp³-hybridized carbons (Fsp3) is 0.469. The lowest BCUT2D eigenvalue weighted by atomic mass is 9.52. The quantitative estimate of drug-likeness (QED) is 0.446. The molecule has 10 nitrogen and oxygen atoms in total. The highest BCUT2D eigenvalue weighted by atomic mass is 16.3. The van der Waals surface area contributed by atoms with Crippen molar-refractivity contribution in [2.45, 2.75) is 43.9 Å². The maximum atomic E-state index is 14.0. The molecule has 1 heterocycles.